The predicted octanol–water partition coefficient (Wildman–Crippen LogP) is 3.05. The lowest BCUT2D eigenvalue weighted by molar-refractivity contribution is 0.0999. The smallest absolute Gasteiger partial charge is 0.249 e. The van der Waals surface area contributed by atoms with E-state index in [2.05, 4.69) is 9.88 Å². The van der Waals surface area contributed by atoms with Crippen LogP contribution in [0, 0.1) is 6.92 Å². The van der Waals surface area contributed by atoms with Crippen molar-refractivity contribution >= 4 is 32.5 Å². The molecule has 1 aromatic carbocycles. The predicted molar refractivity (Wildman–Crippen MR) is 146 cm³/mol. The van der Waals surface area contributed by atoms with Crippen LogP contribution >= 0.6 is 0 Å². The summed E-state index contributed by atoms with van der Waals surface area (Å²) in [7, 11) is -3.62. The Balaban J connectivity index is 1.54. The van der Waals surface area contributed by atoms with Gasteiger partial charge in [0.05, 0.1) is 34.4 Å². The molecule has 9 nitrogen and oxygen atoms in total. The summed E-state index contributed by atoms with van der Waals surface area (Å²) in [5.74, 6) is 0.113. The summed E-state index contributed by atoms with van der Waals surface area (Å²) in [4.78, 5) is 28.5. The van der Waals surface area contributed by atoms with Gasteiger partial charge in [-0.3, -0.25) is 9.78 Å². The molecule has 3 N–H and O–H groups in total. The van der Waals surface area contributed by atoms with E-state index in [0.29, 0.717) is 33.7 Å². The summed E-state index contributed by atoms with van der Waals surface area (Å²) in [6.07, 6.45) is 4.86. The lowest BCUT2D eigenvalue weighted by atomic mass is 9.99. The van der Waals surface area contributed by atoms with Gasteiger partial charge in [-0.15, -0.1) is 0 Å². The van der Waals surface area contributed by atoms with Crippen molar-refractivity contribution in [3.63, 3.8) is 0 Å². The zero-order chi connectivity index (χ0) is 27.0. The number of carbonyl (C=O) groups is 1. The van der Waals surface area contributed by atoms with Gasteiger partial charge < -0.3 is 15.7 Å². The minimum Gasteiger partial charge on any atom is -0.394 e. The van der Waals surface area contributed by atoms with Gasteiger partial charge in [-0.05, 0) is 67.3 Å². The van der Waals surface area contributed by atoms with Crippen LogP contribution in [0.4, 0.5) is 5.82 Å². The molecule has 196 valence electrons. The fourth-order valence-electron chi connectivity index (χ4n) is 5.20. The van der Waals surface area contributed by atoms with E-state index in [-0.39, 0.29) is 29.5 Å². The Labute approximate surface area is 221 Å². The number of hydrogen-bond acceptors (Lipinski definition) is 8. The molecule has 0 radical (unpaired) electrons. The maximum absolute atomic E-state index is 12.6. The van der Waals surface area contributed by atoms with Crippen LogP contribution in [0.3, 0.4) is 0 Å². The number of carbonyl (C=O) groups excluding carboxylic acids is 1. The van der Waals surface area contributed by atoms with Gasteiger partial charge in [-0.2, -0.15) is 0 Å². The maximum atomic E-state index is 12.6. The van der Waals surface area contributed by atoms with Crippen molar-refractivity contribution in [2.45, 2.75) is 37.1 Å². The van der Waals surface area contributed by atoms with E-state index in [4.69, 9.17) is 15.7 Å². The number of nitrogens with two attached hydrogens (primary N) is 1. The van der Waals surface area contributed by atoms with Gasteiger partial charge in [0.2, 0.25) is 5.91 Å². The third kappa shape index (κ3) is 4.97. The Kier molecular flexibility index (Phi) is 6.85. The molecule has 0 aliphatic carbocycles. The van der Waals surface area contributed by atoms with Crippen LogP contribution < -0.4 is 10.6 Å². The molecule has 5 rings (SSSR count). The lowest BCUT2D eigenvalue weighted by Gasteiger charge is -2.24. The molecule has 3 aromatic heterocycles. The van der Waals surface area contributed by atoms with Crippen molar-refractivity contribution in [2.75, 3.05) is 24.3 Å². The first-order valence-electron chi connectivity index (χ1n) is 12.4. The minimum absolute atomic E-state index is 0.0692. The zero-order valence-electron chi connectivity index (χ0n) is 21.3. The molecule has 10 heteroatoms. The van der Waals surface area contributed by atoms with E-state index in [1.807, 2.05) is 30.3 Å². The summed E-state index contributed by atoms with van der Waals surface area (Å²) in [6, 6.07) is 14.6. The number of fused-ring (bicyclic) bond motifs is 1. The van der Waals surface area contributed by atoms with Crippen LogP contribution in [-0.4, -0.2) is 59.8 Å². The van der Waals surface area contributed by atoms with E-state index < -0.39 is 15.7 Å². The van der Waals surface area contributed by atoms with Crippen LogP contribution in [0.25, 0.3) is 22.3 Å². The van der Waals surface area contributed by atoms with Crippen LogP contribution in [-0.2, 0) is 16.3 Å². The molecule has 1 aliphatic rings. The minimum atomic E-state index is -3.62. The SMILES string of the molecule is Cc1ccc(C(N)=O)c(Cc2cc3nc(-c4cccc(N5CCCC5CO)n4)ccc3cn2)c1S(C)(=O)=O. The highest BCUT2D eigenvalue weighted by molar-refractivity contribution is 7.90. The van der Waals surface area contributed by atoms with Crippen molar-refractivity contribution in [3.8, 4) is 11.4 Å². The Morgan fingerprint density at radius 2 is 1.92 bits per heavy atom. The van der Waals surface area contributed by atoms with E-state index in [0.717, 1.165) is 36.8 Å². The number of aromatic nitrogens is 3. The van der Waals surface area contributed by atoms with Crippen molar-refractivity contribution in [3.05, 3.63) is 77.1 Å². The highest BCUT2D eigenvalue weighted by Crippen LogP contribution is 2.29. The average molecular weight is 532 g/mol. The molecule has 1 saturated heterocycles. The number of aliphatic hydroxyl groups is 1. The number of hydrogen-bond donors (Lipinski definition) is 2. The summed E-state index contributed by atoms with van der Waals surface area (Å²) < 4.78 is 25.2. The number of rotatable bonds is 7. The normalized spacial score (nSPS) is 15.8. The Hall–Kier alpha value is -3.89. The quantitative estimate of drug-likeness (QED) is 0.371. The fourth-order valence-corrected chi connectivity index (χ4v) is 6.48. The first-order valence-corrected chi connectivity index (χ1v) is 14.3. The third-order valence-corrected chi connectivity index (χ3v) is 8.27. The number of aliphatic hydroxyl groups excluding tert-OH is 1. The molecule has 1 aliphatic heterocycles. The van der Waals surface area contributed by atoms with E-state index in [1.165, 1.54) is 0 Å². The second-order valence-corrected chi connectivity index (χ2v) is 11.6. The molecule has 1 unspecified atom stereocenters. The topological polar surface area (TPSA) is 139 Å². The number of primary amides is 1. The number of benzene rings is 1. The van der Waals surface area contributed by atoms with Crippen LogP contribution in [0.2, 0.25) is 0 Å². The molecule has 4 aromatic rings. The monoisotopic (exact) mass is 531 g/mol. The van der Waals surface area contributed by atoms with Crippen molar-refractivity contribution < 1.29 is 18.3 Å². The van der Waals surface area contributed by atoms with Gasteiger partial charge in [0.1, 0.15) is 5.82 Å². The molecule has 4 heterocycles. The van der Waals surface area contributed by atoms with Crippen molar-refractivity contribution in [1.29, 1.82) is 0 Å². The Morgan fingerprint density at radius 1 is 1.13 bits per heavy atom. The number of amides is 1. The number of sulfone groups is 1. The van der Waals surface area contributed by atoms with Crippen LogP contribution in [0.15, 0.2) is 59.6 Å². The second-order valence-electron chi connectivity index (χ2n) is 9.67. The first kappa shape index (κ1) is 25.7. The lowest BCUT2D eigenvalue weighted by Crippen LogP contribution is -2.32. The summed E-state index contributed by atoms with van der Waals surface area (Å²) in [6.45, 7) is 2.64. The van der Waals surface area contributed by atoms with E-state index in [9.17, 15) is 18.3 Å². The molecule has 0 spiro atoms. The fraction of sp³-hybridized carbons (Fsp3) is 0.286. The highest BCUT2D eigenvalue weighted by atomic mass is 32.2. The van der Waals surface area contributed by atoms with Gasteiger partial charge in [-0.25, -0.2) is 18.4 Å². The number of anilines is 1. The van der Waals surface area contributed by atoms with Crippen molar-refractivity contribution in [1.82, 2.24) is 15.0 Å². The molecule has 0 bridgehead atoms. The van der Waals surface area contributed by atoms with Crippen LogP contribution in [0.5, 0.6) is 0 Å². The van der Waals surface area contributed by atoms with Gasteiger partial charge >= 0.3 is 0 Å². The van der Waals surface area contributed by atoms with Crippen molar-refractivity contribution in [2.24, 2.45) is 5.73 Å². The second kappa shape index (κ2) is 10.1. The molecule has 1 atom stereocenters. The zero-order valence-corrected chi connectivity index (χ0v) is 22.1. The largest absolute Gasteiger partial charge is 0.394 e. The Bertz CT molecular complexity index is 1650. The summed E-state index contributed by atoms with van der Waals surface area (Å²) in [5.41, 5.74) is 9.24. The molecule has 0 saturated carbocycles. The molecular formula is C28H29N5O4S. The maximum Gasteiger partial charge on any atom is 0.249 e. The van der Waals surface area contributed by atoms with E-state index in [1.54, 1.807) is 31.3 Å². The standard InChI is InChI=1S/C28H29N5O4S/c1-17-8-10-21(28(29)35)22(27(17)38(2,36)37)13-19-14-25-18(15-30-19)9-11-24(31-25)23-6-3-7-26(32-23)33-12-4-5-20(33)16-34/h3,6-11,14-15,20,34H,4-5,12-13,16H2,1-2H3,(H2,29,35). The molecular weight excluding hydrogens is 502 g/mol. The van der Waals surface area contributed by atoms with Gasteiger partial charge in [0, 0.05) is 42.1 Å². The summed E-state index contributed by atoms with van der Waals surface area (Å²) >= 11 is 0. The third-order valence-electron chi connectivity index (χ3n) is 6.96. The summed E-state index contributed by atoms with van der Waals surface area (Å²) in [5, 5.41) is 10.5. The first-order chi connectivity index (χ1) is 18.2. The van der Waals surface area contributed by atoms with E-state index >= 15 is 0 Å². The highest BCUT2D eigenvalue weighted by Gasteiger charge is 2.25. The van der Waals surface area contributed by atoms with Gasteiger partial charge in [0.25, 0.3) is 0 Å². The Morgan fingerprint density at radius 3 is 2.66 bits per heavy atom. The number of aryl methyl sites for hydroxylation is 1. The molecule has 38 heavy (non-hydrogen) atoms. The van der Waals surface area contributed by atoms with Gasteiger partial charge in [-0.1, -0.05) is 12.1 Å². The molecule has 1 fully saturated rings. The number of pyridine rings is 3. The average Bonchev–Trinajstić information content (AvgIpc) is 3.36. The molecule has 1 amide bonds. The van der Waals surface area contributed by atoms with Gasteiger partial charge in [0.15, 0.2) is 9.84 Å². The van der Waals surface area contributed by atoms with Crippen LogP contribution in [0.1, 0.15) is 40.0 Å². The number of nitrogens with zero attached hydrogens (tertiary/aromatic N) is 4.